The number of anilines is 1. The number of hydrogen-bond donors (Lipinski definition) is 1. The fourth-order valence-electron chi connectivity index (χ4n) is 3.03. The van der Waals surface area contributed by atoms with Crippen molar-refractivity contribution in [2.45, 2.75) is 65.1 Å². The normalized spacial score (nSPS) is 22.4. The predicted octanol–water partition coefficient (Wildman–Crippen LogP) is 3.46. The third kappa shape index (κ3) is 3.49. The zero-order valence-electron chi connectivity index (χ0n) is 13.4. The molecule has 2 N–H and O–H groups in total. The third-order valence-electron chi connectivity index (χ3n) is 4.02. The zero-order chi connectivity index (χ0) is 15.6. The van der Waals surface area contributed by atoms with E-state index in [1.807, 2.05) is 18.7 Å². The minimum absolute atomic E-state index is 0.0244. The summed E-state index contributed by atoms with van der Waals surface area (Å²) in [4.78, 5) is 14.9. The lowest BCUT2D eigenvalue weighted by Crippen LogP contribution is -2.47. The van der Waals surface area contributed by atoms with Crippen LogP contribution in [-0.4, -0.2) is 29.0 Å². The number of benzene rings is 1. The van der Waals surface area contributed by atoms with Gasteiger partial charge < -0.3 is 15.4 Å². The lowest BCUT2D eigenvalue weighted by molar-refractivity contribution is 0.0505. The largest absolute Gasteiger partial charge is 0.490 e. The Morgan fingerprint density at radius 3 is 2.48 bits per heavy atom. The molecule has 0 saturated carbocycles. The van der Waals surface area contributed by atoms with Gasteiger partial charge in [-0.15, -0.1) is 0 Å². The van der Waals surface area contributed by atoms with Gasteiger partial charge in [0.2, 0.25) is 0 Å². The van der Waals surface area contributed by atoms with Crippen LogP contribution in [0.2, 0.25) is 0 Å². The van der Waals surface area contributed by atoms with Crippen molar-refractivity contribution in [2.24, 2.45) is 0 Å². The van der Waals surface area contributed by atoms with Crippen molar-refractivity contribution in [3.05, 3.63) is 23.8 Å². The average Bonchev–Trinajstić information content (AvgIpc) is 2.40. The smallest absolute Gasteiger partial charge is 0.258 e. The molecule has 1 heterocycles. The second-order valence-electron chi connectivity index (χ2n) is 6.26. The molecule has 1 aliphatic heterocycles. The molecule has 0 aliphatic carbocycles. The number of carbonyl (C=O) groups excluding carboxylic acids is 1. The van der Waals surface area contributed by atoms with E-state index < -0.39 is 0 Å². The van der Waals surface area contributed by atoms with Crippen LogP contribution in [0.1, 0.15) is 57.3 Å². The van der Waals surface area contributed by atoms with E-state index in [-0.39, 0.29) is 24.1 Å². The Labute approximate surface area is 127 Å². The molecule has 0 bridgehead atoms. The molecular weight excluding hydrogens is 264 g/mol. The highest BCUT2D eigenvalue weighted by Gasteiger charge is 2.31. The Morgan fingerprint density at radius 1 is 1.29 bits per heavy atom. The van der Waals surface area contributed by atoms with Crippen LogP contribution in [0.3, 0.4) is 0 Å². The van der Waals surface area contributed by atoms with E-state index in [0.717, 1.165) is 12.8 Å². The molecule has 0 spiro atoms. The molecule has 116 valence electrons. The molecule has 0 aromatic heterocycles. The summed E-state index contributed by atoms with van der Waals surface area (Å²) in [6, 6.07) is 5.82. The quantitative estimate of drug-likeness (QED) is 0.867. The predicted molar refractivity (Wildman–Crippen MR) is 85.6 cm³/mol. The summed E-state index contributed by atoms with van der Waals surface area (Å²) in [5, 5.41) is 0. The molecule has 4 heteroatoms. The van der Waals surface area contributed by atoms with Gasteiger partial charge in [-0.2, -0.15) is 0 Å². The summed E-state index contributed by atoms with van der Waals surface area (Å²) in [5.41, 5.74) is 7.03. The van der Waals surface area contributed by atoms with Gasteiger partial charge in [-0.1, -0.05) is 0 Å². The topological polar surface area (TPSA) is 55.6 Å². The van der Waals surface area contributed by atoms with Crippen LogP contribution in [0.5, 0.6) is 5.75 Å². The number of hydrogen-bond acceptors (Lipinski definition) is 3. The van der Waals surface area contributed by atoms with Crippen LogP contribution < -0.4 is 10.5 Å². The molecule has 1 aliphatic rings. The monoisotopic (exact) mass is 290 g/mol. The number of likely N-dealkylation sites (tertiary alicyclic amines) is 1. The van der Waals surface area contributed by atoms with Gasteiger partial charge in [-0.25, -0.2) is 0 Å². The van der Waals surface area contributed by atoms with Crippen molar-refractivity contribution in [1.29, 1.82) is 0 Å². The SMILES string of the molecule is CC(C)Oc1ccc(N)cc1C(=O)N1C(C)CCCC1C. The average molecular weight is 290 g/mol. The highest BCUT2D eigenvalue weighted by molar-refractivity contribution is 5.98. The summed E-state index contributed by atoms with van der Waals surface area (Å²) in [5.74, 6) is 0.645. The van der Waals surface area contributed by atoms with Crippen LogP contribution in [0.15, 0.2) is 18.2 Å². The first-order valence-electron chi connectivity index (χ1n) is 7.79. The Balaban J connectivity index is 2.35. The Kier molecular flexibility index (Phi) is 4.76. The van der Waals surface area contributed by atoms with Gasteiger partial charge in [0.25, 0.3) is 5.91 Å². The van der Waals surface area contributed by atoms with E-state index in [9.17, 15) is 4.79 Å². The summed E-state index contributed by atoms with van der Waals surface area (Å²) in [7, 11) is 0. The molecule has 2 unspecified atom stereocenters. The lowest BCUT2D eigenvalue weighted by atomic mass is 9.96. The molecule has 2 atom stereocenters. The lowest BCUT2D eigenvalue weighted by Gasteiger charge is -2.39. The second kappa shape index (κ2) is 6.37. The minimum atomic E-state index is 0.0244. The van der Waals surface area contributed by atoms with Crippen molar-refractivity contribution in [3.63, 3.8) is 0 Å². The van der Waals surface area contributed by atoms with E-state index in [0.29, 0.717) is 17.0 Å². The van der Waals surface area contributed by atoms with Gasteiger partial charge >= 0.3 is 0 Å². The molecule has 1 saturated heterocycles. The maximum atomic E-state index is 13.0. The number of ether oxygens (including phenoxy) is 1. The summed E-state index contributed by atoms with van der Waals surface area (Å²) >= 11 is 0. The highest BCUT2D eigenvalue weighted by atomic mass is 16.5. The number of piperidine rings is 1. The van der Waals surface area contributed by atoms with Gasteiger partial charge in [0.1, 0.15) is 5.75 Å². The molecular formula is C17H26N2O2. The summed E-state index contributed by atoms with van der Waals surface area (Å²) in [6.07, 6.45) is 3.31. The van der Waals surface area contributed by atoms with E-state index in [2.05, 4.69) is 13.8 Å². The fraction of sp³-hybridized carbons (Fsp3) is 0.588. The molecule has 1 aromatic rings. The minimum Gasteiger partial charge on any atom is -0.490 e. The van der Waals surface area contributed by atoms with Crippen molar-refractivity contribution in [1.82, 2.24) is 4.90 Å². The number of carbonyl (C=O) groups is 1. The van der Waals surface area contributed by atoms with Crippen molar-refractivity contribution >= 4 is 11.6 Å². The molecule has 1 fully saturated rings. The standard InChI is InChI=1S/C17H26N2O2/c1-11(2)21-16-9-8-14(18)10-15(16)17(20)19-12(3)6-5-7-13(19)4/h8-13H,5-7,18H2,1-4H3. The zero-order valence-corrected chi connectivity index (χ0v) is 13.4. The Hall–Kier alpha value is -1.71. The van der Waals surface area contributed by atoms with Crippen molar-refractivity contribution in [3.8, 4) is 5.75 Å². The maximum absolute atomic E-state index is 13.0. The van der Waals surface area contributed by atoms with Crippen LogP contribution in [0.25, 0.3) is 0 Å². The molecule has 21 heavy (non-hydrogen) atoms. The molecule has 2 rings (SSSR count). The summed E-state index contributed by atoms with van der Waals surface area (Å²) in [6.45, 7) is 8.14. The van der Waals surface area contributed by atoms with E-state index >= 15 is 0 Å². The van der Waals surface area contributed by atoms with Gasteiger partial charge in [-0.3, -0.25) is 4.79 Å². The maximum Gasteiger partial charge on any atom is 0.258 e. The van der Waals surface area contributed by atoms with Crippen LogP contribution in [0.4, 0.5) is 5.69 Å². The van der Waals surface area contributed by atoms with Crippen molar-refractivity contribution < 1.29 is 9.53 Å². The van der Waals surface area contributed by atoms with Crippen LogP contribution in [-0.2, 0) is 0 Å². The molecule has 4 nitrogen and oxygen atoms in total. The van der Waals surface area contributed by atoms with E-state index in [1.165, 1.54) is 6.42 Å². The number of amides is 1. The summed E-state index contributed by atoms with van der Waals surface area (Å²) < 4.78 is 5.78. The van der Waals surface area contributed by atoms with Gasteiger partial charge in [0.05, 0.1) is 11.7 Å². The number of rotatable bonds is 3. The van der Waals surface area contributed by atoms with E-state index in [1.54, 1.807) is 18.2 Å². The first-order chi connectivity index (χ1) is 9.90. The Bertz CT molecular complexity index is 504. The highest BCUT2D eigenvalue weighted by Crippen LogP contribution is 2.29. The Morgan fingerprint density at radius 2 is 1.90 bits per heavy atom. The second-order valence-corrected chi connectivity index (χ2v) is 6.26. The van der Waals surface area contributed by atoms with E-state index in [4.69, 9.17) is 10.5 Å². The number of nitrogen functional groups attached to an aromatic ring is 1. The number of nitrogens with zero attached hydrogens (tertiary/aromatic N) is 1. The van der Waals surface area contributed by atoms with Crippen LogP contribution >= 0.6 is 0 Å². The van der Waals surface area contributed by atoms with Gasteiger partial charge in [0.15, 0.2) is 0 Å². The molecule has 1 amide bonds. The van der Waals surface area contributed by atoms with Gasteiger partial charge in [-0.05, 0) is 65.2 Å². The van der Waals surface area contributed by atoms with Gasteiger partial charge in [0, 0.05) is 17.8 Å². The molecule has 0 radical (unpaired) electrons. The van der Waals surface area contributed by atoms with Crippen LogP contribution in [0, 0.1) is 0 Å². The first kappa shape index (κ1) is 15.7. The third-order valence-corrected chi connectivity index (χ3v) is 4.02. The fourth-order valence-corrected chi connectivity index (χ4v) is 3.03. The number of nitrogens with two attached hydrogens (primary N) is 1. The molecule has 1 aromatic carbocycles. The van der Waals surface area contributed by atoms with Crippen molar-refractivity contribution in [2.75, 3.05) is 5.73 Å². The first-order valence-corrected chi connectivity index (χ1v) is 7.79.